The van der Waals surface area contributed by atoms with Crippen LogP contribution in [0.5, 0.6) is 5.75 Å². The molecule has 0 fully saturated rings. The van der Waals surface area contributed by atoms with Crippen molar-refractivity contribution in [2.75, 3.05) is 11.9 Å². The van der Waals surface area contributed by atoms with E-state index in [1.54, 1.807) is 10.8 Å². The second-order valence-electron chi connectivity index (χ2n) is 6.45. The molecule has 0 bridgehead atoms. The molecule has 0 aliphatic heterocycles. The van der Waals surface area contributed by atoms with Crippen LogP contribution in [-0.4, -0.2) is 26.2 Å². The molecule has 3 aromatic heterocycles. The van der Waals surface area contributed by atoms with Crippen LogP contribution in [-0.2, 0) is 12.8 Å². The molecule has 136 valence electrons. The van der Waals surface area contributed by atoms with Gasteiger partial charge in [0.25, 0.3) is 5.78 Å². The van der Waals surface area contributed by atoms with Crippen molar-refractivity contribution >= 4 is 17.3 Å². The zero-order valence-electron chi connectivity index (χ0n) is 15.0. The Labute approximate surface area is 156 Å². The van der Waals surface area contributed by atoms with Crippen molar-refractivity contribution in [2.45, 2.75) is 26.2 Å². The molecule has 0 saturated carbocycles. The van der Waals surface area contributed by atoms with Gasteiger partial charge in [0, 0.05) is 11.3 Å². The maximum atomic E-state index is 5.52. The van der Waals surface area contributed by atoms with Gasteiger partial charge in [-0.1, -0.05) is 0 Å². The number of aromatic nitrogens is 4. The quantitative estimate of drug-likeness (QED) is 0.579. The Hall–Kier alpha value is -3.35. The van der Waals surface area contributed by atoms with E-state index in [4.69, 9.17) is 14.1 Å². The van der Waals surface area contributed by atoms with E-state index in [0.29, 0.717) is 24.0 Å². The summed E-state index contributed by atoms with van der Waals surface area (Å²) in [5, 5.41) is 8.15. The number of nitrogens with zero attached hydrogens (tertiary/aromatic N) is 4. The lowest BCUT2D eigenvalue weighted by molar-refractivity contribution is 0.340. The standard InChI is InChI=1S/C20H19N5O2/c1-2-26-14-10-8-13(9-11-14)21-19-15-5-3-6-16(15)22-20-23-18(24-25(19)20)17-7-4-12-27-17/h4,7-12,21H,2-3,5-6H2,1H3. The van der Waals surface area contributed by atoms with Gasteiger partial charge >= 0.3 is 0 Å². The Morgan fingerprint density at radius 1 is 1.15 bits per heavy atom. The summed E-state index contributed by atoms with van der Waals surface area (Å²) in [6.07, 6.45) is 4.66. The van der Waals surface area contributed by atoms with Gasteiger partial charge < -0.3 is 14.5 Å². The Morgan fingerprint density at radius 2 is 2.04 bits per heavy atom. The van der Waals surface area contributed by atoms with E-state index in [-0.39, 0.29) is 0 Å². The van der Waals surface area contributed by atoms with Crippen molar-refractivity contribution in [3.8, 4) is 17.3 Å². The lowest BCUT2D eigenvalue weighted by Gasteiger charge is -2.13. The van der Waals surface area contributed by atoms with Gasteiger partial charge in [0.15, 0.2) is 5.76 Å². The van der Waals surface area contributed by atoms with E-state index in [0.717, 1.165) is 42.2 Å². The van der Waals surface area contributed by atoms with E-state index < -0.39 is 0 Å². The summed E-state index contributed by atoms with van der Waals surface area (Å²) in [4.78, 5) is 9.28. The van der Waals surface area contributed by atoms with Gasteiger partial charge in [-0.3, -0.25) is 0 Å². The highest BCUT2D eigenvalue weighted by molar-refractivity contribution is 5.65. The molecule has 1 N–H and O–H groups in total. The molecule has 7 heteroatoms. The third-order valence-corrected chi connectivity index (χ3v) is 4.68. The number of fused-ring (bicyclic) bond motifs is 2. The average Bonchev–Trinajstić information content (AvgIpc) is 3.43. The summed E-state index contributed by atoms with van der Waals surface area (Å²) in [5.41, 5.74) is 3.26. The van der Waals surface area contributed by atoms with Crippen LogP contribution in [0.2, 0.25) is 0 Å². The van der Waals surface area contributed by atoms with Crippen LogP contribution in [0.4, 0.5) is 11.5 Å². The number of nitrogens with one attached hydrogen (secondary N) is 1. The summed E-state index contributed by atoms with van der Waals surface area (Å²) >= 11 is 0. The Balaban J connectivity index is 1.59. The number of rotatable bonds is 5. The number of hydrogen-bond donors (Lipinski definition) is 1. The van der Waals surface area contributed by atoms with Crippen LogP contribution in [0.1, 0.15) is 24.6 Å². The number of anilines is 2. The third kappa shape index (κ3) is 2.81. The average molecular weight is 361 g/mol. The molecular formula is C20H19N5O2. The summed E-state index contributed by atoms with van der Waals surface area (Å²) < 4.78 is 12.7. The third-order valence-electron chi connectivity index (χ3n) is 4.68. The molecule has 0 atom stereocenters. The highest BCUT2D eigenvalue weighted by Gasteiger charge is 2.23. The van der Waals surface area contributed by atoms with E-state index in [2.05, 4.69) is 15.4 Å². The Morgan fingerprint density at radius 3 is 2.81 bits per heavy atom. The van der Waals surface area contributed by atoms with Crippen LogP contribution in [0.15, 0.2) is 47.1 Å². The number of aryl methyl sites for hydroxylation is 1. The van der Waals surface area contributed by atoms with Crippen molar-refractivity contribution in [3.63, 3.8) is 0 Å². The number of hydrogen-bond acceptors (Lipinski definition) is 6. The fourth-order valence-electron chi connectivity index (χ4n) is 3.46. The predicted octanol–water partition coefficient (Wildman–Crippen LogP) is 4.02. The zero-order valence-corrected chi connectivity index (χ0v) is 15.0. The van der Waals surface area contributed by atoms with Crippen molar-refractivity contribution in [3.05, 3.63) is 53.9 Å². The summed E-state index contributed by atoms with van der Waals surface area (Å²) in [6, 6.07) is 11.6. The predicted molar refractivity (Wildman–Crippen MR) is 101 cm³/mol. The first kappa shape index (κ1) is 15.9. The fraction of sp³-hybridized carbons (Fsp3) is 0.250. The fourth-order valence-corrected chi connectivity index (χ4v) is 3.46. The topological polar surface area (TPSA) is 77.5 Å². The largest absolute Gasteiger partial charge is 0.494 e. The highest BCUT2D eigenvalue weighted by Crippen LogP contribution is 2.31. The second kappa shape index (κ2) is 6.42. The summed E-state index contributed by atoms with van der Waals surface area (Å²) in [6.45, 7) is 2.63. The Kier molecular flexibility index (Phi) is 3.78. The van der Waals surface area contributed by atoms with Gasteiger partial charge in [0.2, 0.25) is 5.82 Å². The van der Waals surface area contributed by atoms with Gasteiger partial charge in [-0.25, -0.2) is 4.98 Å². The minimum absolute atomic E-state index is 0.533. The van der Waals surface area contributed by atoms with Gasteiger partial charge in [0.1, 0.15) is 11.6 Å². The van der Waals surface area contributed by atoms with E-state index in [1.807, 2.05) is 43.3 Å². The lowest BCUT2D eigenvalue weighted by atomic mass is 10.2. The molecule has 7 nitrogen and oxygen atoms in total. The van der Waals surface area contributed by atoms with Crippen LogP contribution in [0.3, 0.4) is 0 Å². The summed E-state index contributed by atoms with van der Waals surface area (Å²) in [7, 11) is 0. The Bertz CT molecular complexity index is 1080. The number of ether oxygens (including phenoxy) is 1. The number of furan rings is 1. The number of benzene rings is 1. The zero-order chi connectivity index (χ0) is 18.2. The minimum atomic E-state index is 0.533. The van der Waals surface area contributed by atoms with E-state index >= 15 is 0 Å². The first-order valence-electron chi connectivity index (χ1n) is 9.14. The molecular weight excluding hydrogens is 342 g/mol. The first-order chi connectivity index (χ1) is 13.3. The maximum Gasteiger partial charge on any atom is 0.255 e. The lowest BCUT2D eigenvalue weighted by Crippen LogP contribution is -2.07. The van der Waals surface area contributed by atoms with Crippen molar-refractivity contribution < 1.29 is 9.15 Å². The van der Waals surface area contributed by atoms with Gasteiger partial charge in [-0.2, -0.15) is 9.50 Å². The van der Waals surface area contributed by atoms with Crippen LogP contribution in [0, 0.1) is 0 Å². The monoisotopic (exact) mass is 361 g/mol. The van der Waals surface area contributed by atoms with Crippen LogP contribution >= 0.6 is 0 Å². The van der Waals surface area contributed by atoms with Crippen LogP contribution in [0.25, 0.3) is 17.4 Å². The highest BCUT2D eigenvalue weighted by atomic mass is 16.5. The smallest absolute Gasteiger partial charge is 0.255 e. The minimum Gasteiger partial charge on any atom is -0.494 e. The molecule has 1 aliphatic carbocycles. The molecule has 0 unspecified atom stereocenters. The molecule has 3 heterocycles. The molecule has 1 aromatic carbocycles. The second-order valence-corrected chi connectivity index (χ2v) is 6.45. The molecule has 0 spiro atoms. The first-order valence-corrected chi connectivity index (χ1v) is 9.14. The van der Waals surface area contributed by atoms with E-state index in [9.17, 15) is 0 Å². The normalized spacial score (nSPS) is 13.1. The van der Waals surface area contributed by atoms with Gasteiger partial charge in [0.05, 0.1) is 18.6 Å². The molecule has 1 aliphatic rings. The van der Waals surface area contributed by atoms with Crippen molar-refractivity contribution in [1.29, 1.82) is 0 Å². The van der Waals surface area contributed by atoms with Crippen molar-refractivity contribution in [1.82, 2.24) is 19.6 Å². The summed E-state index contributed by atoms with van der Waals surface area (Å²) in [5.74, 6) is 3.52. The maximum absolute atomic E-state index is 5.52. The molecule has 0 amide bonds. The van der Waals surface area contributed by atoms with Gasteiger partial charge in [-0.15, -0.1) is 5.10 Å². The molecule has 27 heavy (non-hydrogen) atoms. The van der Waals surface area contributed by atoms with Gasteiger partial charge in [-0.05, 0) is 62.6 Å². The SMILES string of the molecule is CCOc1ccc(Nc2c3c(nc4nc(-c5ccco5)nn24)CCC3)cc1. The van der Waals surface area contributed by atoms with Crippen molar-refractivity contribution in [2.24, 2.45) is 0 Å². The molecule has 0 radical (unpaired) electrons. The molecule has 5 rings (SSSR count). The molecule has 0 saturated heterocycles. The van der Waals surface area contributed by atoms with Crippen LogP contribution < -0.4 is 10.1 Å². The van der Waals surface area contributed by atoms with E-state index in [1.165, 1.54) is 5.56 Å². The molecule has 4 aromatic rings.